The fourth-order valence-electron chi connectivity index (χ4n) is 1.72. The minimum absolute atomic E-state index is 0.0500. The molecule has 0 fully saturated rings. The number of carbonyl (C=O) groups excluding carboxylic acids is 2. The first-order valence-corrected chi connectivity index (χ1v) is 10.4. The number of thiazole rings is 1. The van der Waals surface area contributed by atoms with Crippen LogP contribution in [0, 0.1) is 5.92 Å². The van der Waals surface area contributed by atoms with Crippen molar-refractivity contribution in [1.29, 1.82) is 0 Å². The van der Waals surface area contributed by atoms with Gasteiger partial charge in [-0.25, -0.2) is 19.1 Å². The first kappa shape index (κ1) is 21.8. The molecule has 0 saturated carbocycles. The lowest BCUT2D eigenvalue weighted by Crippen LogP contribution is -2.46. The molecule has 1 heterocycles. The van der Waals surface area contributed by atoms with E-state index >= 15 is 0 Å². The van der Waals surface area contributed by atoms with E-state index in [0.717, 1.165) is 11.3 Å². The molecule has 1 unspecified atom stereocenters. The smallest absolute Gasteiger partial charge is 0.408 e. The van der Waals surface area contributed by atoms with Gasteiger partial charge < -0.3 is 10.1 Å². The second-order valence-corrected chi connectivity index (χ2v) is 9.65. The summed E-state index contributed by atoms with van der Waals surface area (Å²) < 4.78 is 21.2. The lowest BCUT2D eigenvalue weighted by molar-refractivity contribution is -0.120. The number of nitrogens with two attached hydrogens (primary N) is 1. The number of hydrogen-bond donors (Lipinski definition) is 2. The summed E-state index contributed by atoms with van der Waals surface area (Å²) in [5, 5.41) is 9.68. The number of nitrogens with one attached hydrogen (secondary N) is 1. The molecule has 25 heavy (non-hydrogen) atoms. The first-order valence-electron chi connectivity index (χ1n) is 7.55. The minimum Gasteiger partial charge on any atom is -0.444 e. The Hall–Kier alpha value is -1.23. The third-order valence-electron chi connectivity index (χ3n) is 3.08. The lowest BCUT2D eigenvalue weighted by Gasteiger charge is -2.25. The Labute approximate surface area is 156 Å². The van der Waals surface area contributed by atoms with E-state index in [0.29, 0.717) is 6.42 Å². The van der Waals surface area contributed by atoms with E-state index in [9.17, 15) is 13.8 Å². The molecule has 0 spiro atoms. The molecule has 1 rings (SSSR count). The summed E-state index contributed by atoms with van der Waals surface area (Å²) in [6.07, 6.45) is -0.182. The monoisotopic (exact) mass is 410 g/mol. The molecule has 0 aliphatic carbocycles. The maximum Gasteiger partial charge on any atom is 0.408 e. The van der Waals surface area contributed by atoms with Crippen LogP contribution in [0.1, 0.15) is 41.0 Å². The zero-order valence-electron chi connectivity index (χ0n) is 14.7. The Kier molecular flexibility index (Phi) is 7.36. The van der Waals surface area contributed by atoms with Crippen LogP contribution in [0.15, 0.2) is 14.1 Å². The van der Waals surface area contributed by atoms with E-state index in [1.807, 2.05) is 6.92 Å². The third kappa shape index (κ3) is 6.89. The molecular formula is C14H23ClN4O4S2. The van der Waals surface area contributed by atoms with Crippen molar-refractivity contribution in [1.82, 2.24) is 10.3 Å². The SMILES string of the molecule is CC[C@H](C)[C@H](NC(=O)OC(C)(C)C)C(=O)N=S(N)(=O)c1nc(Cl)cs1. The highest BCUT2D eigenvalue weighted by molar-refractivity contribution is 7.93. The van der Waals surface area contributed by atoms with Crippen LogP contribution in [-0.2, 0) is 19.4 Å². The van der Waals surface area contributed by atoms with Crippen molar-refractivity contribution in [2.75, 3.05) is 0 Å². The van der Waals surface area contributed by atoms with Gasteiger partial charge in [0.1, 0.15) is 16.8 Å². The average molecular weight is 411 g/mol. The Bertz CT molecular complexity index is 750. The van der Waals surface area contributed by atoms with E-state index in [1.165, 1.54) is 5.38 Å². The topological polar surface area (TPSA) is 124 Å². The van der Waals surface area contributed by atoms with Gasteiger partial charge in [0.05, 0.1) is 0 Å². The fraction of sp³-hybridized carbons (Fsp3) is 0.643. The summed E-state index contributed by atoms with van der Waals surface area (Å²) in [6, 6.07) is -1.01. The predicted molar refractivity (Wildman–Crippen MR) is 97.8 cm³/mol. The largest absolute Gasteiger partial charge is 0.444 e. The van der Waals surface area contributed by atoms with Crippen LogP contribution in [0.4, 0.5) is 4.79 Å². The molecular weight excluding hydrogens is 388 g/mol. The van der Waals surface area contributed by atoms with Crippen LogP contribution in [0.3, 0.4) is 0 Å². The highest BCUT2D eigenvalue weighted by atomic mass is 35.5. The summed E-state index contributed by atoms with van der Waals surface area (Å²) in [5.74, 6) is -1.07. The summed E-state index contributed by atoms with van der Waals surface area (Å²) in [4.78, 5) is 28.3. The molecule has 0 aromatic carbocycles. The molecule has 0 saturated heterocycles. The molecule has 11 heteroatoms. The molecule has 1 aromatic rings. The van der Waals surface area contributed by atoms with Crippen LogP contribution in [0.25, 0.3) is 0 Å². The van der Waals surface area contributed by atoms with Crippen molar-refractivity contribution in [3.05, 3.63) is 10.5 Å². The number of alkyl carbamates (subject to hydrolysis) is 1. The van der Waals surface area contributed by atoms with Crippen LogP contribution < -0.4 is 10.5 Å². The van der Waals surface area contributed by atoms with Crippen molar-refractivity contribution in [3.63, 3.8) is 0 Å². The highest BCUT2D eigenvalue weighted by Crippen LogP contribution is 2.20. The van der Waals surface area contributed by atoms with E-state index in [1.54, 1.807) is 27.7 Å². The molecule has 1 aromatic heterocycles. The van der Waals surface area contributed by atoms with E-state index < -0.39 is 33.6 Å². The minimum atomic E-state index is -3.54. The van der Waals surface area contributed by atoms with Crippen molar-refractivity contribution in [3.8, 4) is 0 Å². The van der Waals surface area contributed by atoms with Gasteiger partial charge in [0.25, 0.3) is 5.91 Å². The molecule has 3 N–H and O–H groups in total. The number of ether oxygens (including phenoxy) is 1. The quantitative estimate of drug-likeness (QED) is 0.772. The zero-order valence-corrected chi connectivity index (χ0v) is 17.1. The molecule has 0 radical (unpaired) electrons. The third-order valence-corrected chi connectivity index (χ3v) is 6.09. The van der Waals surface area contributed by atoms with Gasteiger partial charge in [0, 0.05) is 5.38 Å². The molecule has 0 aliphatic rings. The van der Waals surface area contributed by atoms with Crippen LogP contribution in [0.5, 0.6) is 0 Å². The Balaban J connectivity index is 3.07. The van der Waals surface area contributed by atoms with Gasteiger partial charge in [-0.3, -0.25) is 4.79 Å². The van der Waals surface area contributed by atoms with Gasteiger partial charge in [-0.05, 0) is 26.7 Å². The van der Waals surface area contributed by atoms with Gasteiger partial charge in [-0.2, -0.15) is 0 Å². The average Bonchev–Trinajstić information content (AvgIpc) is 2.89. The van der Waals surface area contributed by atoms with Crippen molar-refractivity contribution >= 4 is 44.9 Å². The van der Waals surface area contributed by atoms with Gasteiger partial charge in [-0.1, -0.05) is 31.9 Å². The number of halogens is 1. The van der Waals surface area contributed by atoms with Crippen molar-refractivity contribution in [2.45, 2.75) is 57.0 Å². The molecule has 142 valence electrons. The van der Waals surface area contributed by atoms with Gasteiger partial charge >= 0.3 is 6.09 Å². The molecule has 2 amide bonds. The van der Waals surface area contributed by atoms with Crippen molar-refractivity contribution in [2.24, 2.45) is 15.4 Å². The van der Waals surface area contributed by atoms with Gasteiger partial charge in [0.2, 0.25) is 4.34 Å². The fourth-order valence-corrected chi connectivity index (χ4v) is 3.94. The Morgan fingerprint density at radius 3 is 2.56 bits per heavy atom. The highest BCUT2D eigenvalue weighted by Gasteiger charge is 2.29. The lowest BCUT2D eigenvalue weighted by atomic mass is 9.99. The summed E-state index contributed by atoms with van der Waals surface area (Å²) in [5.41, 5.74) is -0.719. The van der Waals surface area contributed by atoms with E-state index in [-0.39, 0.29) is 15.4 Å². The molecule has 8 nitrogen and oxygen atoms in total. The second-order valence-electron chi connectivity index (χ2n) is 6.44. The van der Waals surface area contributed by atoms with E-state index in [2.05, 4.69) is 14.7 Å². The first-order chi connectivity index (χ1) is 11.4. The maximum atomic E-state index is 12.5. The summed E-state index contributed by atoms with van der Waals surface area (Å²) in [7, 11) is -3.54. The second kappa shape index (κ2) is 8.43. The molecule has 0 aliphatic heterocycles. The normalized spacial score (nSPS) is 16.4. The van der Waals surface area contributed by atoms with Crippen LogP contribution >= 0.6 is 22.9 Å². The number of hydrogen-bond acceptors (Lipinski definition) is 6. The summed E-state index contributed by atoms with van der Waals surface area (Å²) in [6.45, 7) is 8.72. The number of amides is 2. The van der Waals surface area contributed by atoms with Gasteiger partial charge in [0.15, 0.2) is 9.92 Å². The standard InChI is InChI=1S/C14H23ClN4O4S2/c1-6-8(2)10(18-12(21)23-14(3,4)5)11(20)19-25(16,22)13-17-9(15)7-24-13/h7-8,10H,6H2,1-5H3,(H,18,21)(H2,16,19,20,22)/t8-,10-,25?/m0/s1. The zero-order chi connectivity index (χ0) is 19.4. The number of carbonyl (C=O) groups is 2. The Morgan fingerprint density at radius 2 is 2.12 bits per heavy atom. The molecule has 3 atom stereocenters. The predicted octanol–water partition coefficient (Wildman–Crippen LogP) is 2.96. The van der Waals surface area contributed by atoms with Crippen molar-refractivity contribution < 1.29 is 18.5 Å². The Morgan fingerprint density at radius 1 is 1.52 bits per heavy atom. The summed E-state index contributed by atoms with van der Waals surface area (Å²) >= 11 is 6.63. The van der Waals surface area contributed by atoms with Crippen LogP contribution in [-0.4, -0.2) is 32.8 Å². The van der Waals surface area contributed by atoms with E-state index in [4.69, 9.17) is 21.5 Å². The number of aromatic nitrogens is 1. The number of rotatable bonds is 5. The van der Waals surface area contributed by atoms with Crippen LogP contribution in [0.2, 0.25) is 5.15 Å². The number of nitrogens with zero attached hydrogens (tertiary/aromatic N) is 2. The molecule has 0 bridgehead atoms. The maximum absolute atomic E-state index is 12.5. The van der Waals surface area contributed by atoms with Gasteiger partial charge in [-0.15, -0.1) is 15.7 Å².